The average molecular weight is 193 g/mol. The molecule has 0 saturated carbocycles. The van der Waals surface area contributed by atoms with Crippen LogP contribution in [0.3, 0.4) is 0 Å². The molecule has 0 aromatic heterocycles. The fraction of sp³-hybridized carbons (Fsp3) is 0.100. The molecule has 13 heavy (non-hydrogen) atoms. The molecule has 0 amide bonds. The minimum absolute atomic E-state index is 0.721. The summed E-state index contributed by atoms with van der Waals surface area (Å²) < 4.78 is 0. The van der Waals surface area contributed by atoms with Crippen LogP contribution in [0, 0.1) is 0 Å². The molecule has 1 aromatic carbocycles. The number of benzene rings is 1. The predicted octanol–water partition coefficient (Wildman–Crippen LogP) is 2.44. The summed E-state index contributed by atoms with van der Waals surface area (Å²) >= 11 is 4.06. The molecule has 1 N–H and O–H groups in total. The van der Waals surface area contributed by atoms with E-state index in [-0.39, 0.29) is 0 Å². The Kier molecular flexibility index (Phi) is 4.12. The first kappa shape index (κ1) is 9.86. The van der Waals surface area contributed by atoms with E-state index in [9.17, 15) is 0 Å². The van der Waals surface area contributed by atoms with E-state index in [1.165, 1.54) is 6.21 Å². The first-order valence-electron chi connectivity index (χ1n) is 3.91. The summed E-state index contributed by atoms with van der Waals surface area (Å²) in [5, 5.41) is 11.3. The summed E-state index contributed by atoms with van der Waals surface area (Å²) in [4.78, 5) is 0. The van der Waals surface area contributed by atoms with E-state index >= 15 is 0 Å². The molecule has 1 rings (SSSR count). The zero-order valence-electron chi connectivity index (χ0n) is 7.09. The van der Waals surface area contributed by atoms with E-state index in [0.717, 1.165) is 16.9 Å². The Balaban J connectivity index is 2.85. The Morgan fingerprint density at radius 2 is 2.15 bits per heavy atom. The number of oxime groups is 1. The van der Waals surface area contributed by atoms with E-state index in [1.54, 1.807) is 0 Å². The number of hydrogen-bond acceptors (Lipinski definition) is 3. The fourth-order valence-corrected chi connectivity index (χ4v) is 1.10. The van der Waals surface area contributed by atoms with Crippen molar-refractivity contribution in [1.82, 2.24) is 0 Å². The highest BCUT2D eigenvalue weighted by molar-refractivity contribution is 7.80. The fourth-order valence-electron chi connectivity index (χ4n) is 0.998. The van der Waals surface area contributed by atoms with Crippen molar-refractivity contribution >= 4 is 24.9 Å². The summed E-state index contributed by atoms with van der Waals surface area (Å²) in [6.07, 6.45) is 5.33. The molecule has 1 aromatic rings. The van der Waals surface area contributed by atoms with E-state index in [2.05, 4.69) is 17.8 Å². The van der Waals surface area contributed by atoms with Gasteiger partial charge in [0.25, 0.3) is 0 Å². The second-order valence-corrected chi connectivity index (χ2v) is 2.86. The molecule has 0 heterocycles. The molecule has 0 aliphatic heterocycles. The zero-order valence-corrected chi connectivity index (χ0v) is 7.98. The maximum Gasteiger partial charge on any atom is 0.0734 e. The third-order valence-electron chi connectivity index (χ3n) is 1.53. The van der Waals surface area contributed by atoms with Crippen LogP contribution in [0.15, 0.2) is 35.5 Å². The summed E-state index contributed by atoms with van der Waals surface area (Å²) in [6.45, 7) is 0. The number of thiol groups is 1. The van der Waals surface area contributed by atoms with Gasteiger partial charge in [0.2, 0.25) is 0 Å². The number of hydrogen-bond donors (Lipinski definition) is 2. The first-order chi connectivity index (χ1) is 6.36. The normalized spacial score (nSPS) is 11.5. The summed E-state index contributed by atoms with van der Waals surface area (Å²) in [7, 11) is 0. The third-order valence-corrected chi connectivity index (χ3v) is 1.74. The van der Waals surface area contributed by atoms with Crippen LogP contribution in [0.4, 0.5) is 0 Å². The van der Waals surface area contributed by atoms with Crippen molar-refractivity contribution in [3.05, 3.63) is 41.5 Å². The molecule has 0 radical (unpaired) electrons. The third kappa shape index (κ3) is 3.34. The number of rotatable bonds is 3. The quantitative estimate of drug-likeness (QED) is 0.328. The van der Waals surface area contributed by atoms with Gasteiger partial charge in [-0.05, 0) is 17.2 Å². The van der Waals surface area contributed by atoms with Crippen molar-refractivity contribution in [3.63, 3.8) is 0 Å². The van der Waals surface area contributed by atoms with Crippen LogP contribution in [0.5, 0.6) is 0 Å². The van der Waals surface area contributed by atoms with Gasteiger partial charge in [-0.1, -0.05) is 35.5 Å². The molecule has 0 spiro atoms. The van der Waals surface area contributed by atoms with Crippen LogP contribution in [0.2, 0.25) is 0 Å². The van der Waals surface area contributed by atoms with Crippen molar-refractivity contribution in [1.29, 1.82) is 0 Å². The van der Waals surface area contributed by atoms with Crippen LogP contribution >= 0.6 is 12.6 Å². The van der Waals surface area contributed by atoms with Gasteiger partial charge in [0.15, 0.2) is 0 Å². The van der Waals surface area contributed by atoms with Gasteiger partial charge >= 0.3 is 0 Å². The Hall–Kier alpha value is -1.22. The SMILES string of the molecule is ON=Cc1cccc(C=CCS)c1. The first-order valence-corrected chi connectivity index (χ1v) is 4.55. The van der Waals surface area contributed by atoms with Crippen molar-refractivity contribution in [2.75, 3.05) is 5.75 Å². The van der Waals surface area contributed by atoms with Crippen LogP contribution in [-0.2, 0) is 0 Å². The summed E-state index contributed by atoms with van der Waals surface area (Å²) in [6, 6.07) is 7.70. The number of nitrogens with zero attached hydrogens (tertiary/aromatic N) is 1. The van der Waals surface area contributed by atoms with Crippen molar-refractivity contribution in [2.24, 2.45) is 5.16 Å². The second-order valence-electron chi connectivity index (χ2n) is 2.50. The van der Waals surface area contributed by atoms with Gasteiger partial charge in [0.05, 0.1) is 6.21 Å². The van der Waals surface area contributed by atoms with Crippen LogP contribution in [-0.4, -0.2) is 17.2 Å². The lowest BCUT2D eigenvalue weighted by Crippen LogP contribution is -1.81. The lowest BCUT2D eigenvalue weighted by Gasteiger charge is -1.94. The Morgan fingerprint density at radius 1 is 1.38 bits per heavy atom. The van der Waals surface area contributed by atoms with Gasteiger partial charge in [-0.2, -0.15) is 12.6 Å². The second kappa shape index (κ2) is 5.43. The minimum atomic E-state index is 0.721. The van der Waals surface area contributed by atoms with Gasteiger partial charge in [0, 0.05) is 5.75 Å². The summed E-state index contributed by atoms with van der Waals surface area (Å²) in [5.74, 6) is 0.721. The van der Waals surface area contributed by atoms with Crippen LogP contribution < -0.4 is 0 Å². The van der Waals surface area contributed by atoms with E-state index in [1.807, 2.05) is 36.4 Å². The molecule has 0 aliphatic rings. The average Bonchev–Trinajstić information content (AvgIpc) is 2.16. The van der Waals surface area contributed by atoms with E-state index < -0.39 is 0 Å². The Morgan fingerprint density at radius 3 is 2.85 bits per heavy atom. The molecule has 3 heteroatoms. The maximum absolute atomic E-state index is 8.33. The Labute approximate surface area is 83.0 Å². The standard InChI is InChI=1S/C10H11NOS/c12-11-8-10-4-1-3-9(7-10)5-2-6-13/h1-5,7-8,12-13H,6H2. The van der Waals surface area contributed by atoms with Crippen molar-refractivity contribution in [3.8, 4) is 0 Å². The highest BCUT2D eigenvalue weighted by Crippen LogP contribution is 2.05. The van der Waals surface area contributed by atoms with Gasteiger partial charge in [0.1, 0.15) is 0 Å². The molecule has 0 aliphatic carbocycles. The van der Waals surface area contributed by atoms with Crippen molar-refractivity contribution < 1.29 is 5.21 Å². The molecule has 0 fully saturated rings. The topological polar surface area (TPSA) is 32.6 Å². The van der Waals surface area contributed by atoms with E-state index in [4.69, 9.17) is 5.21 Å². The van der Waals surface area contributed by atoms with E-state index in [0.29, 0.717) is 0 Å². The monoisotopic (exact) mass is 193 g/mol. The minimum Gasteiger partial charge on any atom is -0.411 e. The highest BCUT2D eigenvalue weighted by Gasteiger charge is 1.89. The largest absolute Gasteiger partial charge is 0.411 e. The van der Waals surface area contributed by atoms with Crippen LogP contribution in [0.25, 0.3) is 6.08 Å². The zero-order chi connectivity index (χ0) is 9.52. The predicted molar refractivity (Wildman–Crippen MR) is 58.7 cm³/mol. The van der Waals surface area contributed by atoms with Gasteiger partial charge in [-0.3, -0.25) is 0 Å². The van der Waals surface area contributed by atoms with Gasteiger partial charge in [-0.15, -0.1) is 0 Å². The molecular formula is C10H11NOS. The Bertz CT molecular complexity index is 320. The van der Waals surface area contributed by atoms with Crippen molar-refractivity contribution in [2.45, 2.75) is 0 Å². The molecule has 2 nitrogen and oxygen atoms in total. The smallest absolute Gasteiger partial charge is 0.0734 e. The molecule has 0 unspecified atom stereocenters. The molecule has 0 atom stereocenters. The lowest BCUT2D eigenvalue weighted by molar-refractivity contribution is 0.322. The maximum atomic E-state index is 8.33. The van der Waals surface area contributed by atoms with Crippen LogP contribution in [0.1, 0.15) is 11.1 Å². The van der Waals surface area contributed by atoms with Gasteiger partial charge in [-0.25, -0.2) is 0 Å². The molecule has 0 saturated heterocycles. The summed E-state index contributed by atoms with van der Waals surface area (Å²) in [5.41, 5.74) is 1.95. The molecule has 68 valence electrons. The van der Waals surface area contributed by atoms with Gasteiger partial charge < -0.3 is 5.21 Å². The highest BCUT2D eigenvalue weighted by atomic mass is 32.1. The molecular weight excluding hydrogens is 182 g/mol. The molecule has 0 bridgehead atoms. The lowest BCUT2D eigenvalue weighted by atomic mass is 10.1.